The highest BCUT2D eigenvalue weighted by Crippen LogP contribution is 2.08. The van der Waals surface area contributed by atoms with Gasteiger partial charge in [-0.15, -0.1) is 0 Å². The number of hydrogen-bond acceptors (Lipinski definition) is 3. The maximum Gasteiger partial charge on any atom is 0.335 e. The van der Waals surface area contributed by atoms with Crippen molar-refractivity contribution in [3.05, 3.63) is 35.4 Å². The van der Waals surface area contributed by atoms with Gasteiger partial charge in [-0.1, -0.05) is 0 Å². The fraction of sp³-hybridized carbons (Fsp3) is 0.333. The number of amides is 1. The van der Waals surface area contributed by atoms with Crippen LogP contribution in [0.15, 0.2) is 24.3 Å². The largest absolute Gasteiger partial charge is 0.478 e. The van der Waals surface area contributed by atoms with Gasteiger partial charge < -0.3 is 15.3 Å². The molecule has 1 saturated heterocycles. The number of nitrogens with zero attached hydrogens (tertiary/aromatic N) is 1. The molecule has 5 heteroatoms. The Morgan fingerprint density at radius 3 is 2.12 bits per heavy atom. The molecule has 90 valence electrons. The van der Waals surface area contributed by atoms with Crippen LogP contribution in [0.3, 0.4) is 0 Å². The Bertz CT molecular complexity index is 422. The molecule has 1 aromatic carbocycles. The van der Waals surface area contributed by atoms with Gasteiger partial charge in [0.15, 0.2) is 0 Å². The molecule has 0 bridgehead atoms. The summed E-state index contributed by atoms with van der Waals surface area (Å²) >= 11 is 0. The normalized spacial score (nSPS) is 15.6. The van der Waals surface area contributed by atoms with Crippen LogP contribution < -0.4 is 5.32 Å². The van der Waals surface area contributed by atoms with Gasteiger partial charge in [-0.25, -0.2) is 4.79 Å². The van der Waals surface area contributed by atoms with E-state index in [1.54, 1.807) is 17.0 Å². The molecule has 0 saturated carbocycles. The zero-order valence-electron chi connectivity index (χ0n) is 9.35. The van der Waals surface area contributed by atoms with Gasteiger partial charge >= 0.3 is 5.97 Å². The first kappa shape index (κ1) is 11.6. The van der Waals surface area contributed by atoms with Crippen molar-refractivity contribution in [1.29, 1.82) is 0 Å². The summed E-state index contributed by atoms with van der Waals surface area (Å²) in [6.45, 7) is 3.00. The quantitative estimate of drug-likeness (QED) is 0.778. The highest BCUT2D eigenvalue weighted by molar-refractivity contribution is 5.95. The van der Waals surface area contributed by atoms with Crippen LogP contribution in [0.4, 0.5) is 0 Å². The minimum absolute atomic E-state index is 0.0385. The summed E-state index contributed by atoms with van der Waals surface area (Å²) in [5.41, 5.74) is 0.735. The fourth-order valence-corrected chi connectivity index (χ4v) is 1.81. The third-order valence-corrected chi connectivity index (χ3v) is 2.78. The second kappa shape index (κ2) is 4.97. The molecule has 17 heavy (non-hydrogen) atoms. The molecule has 0 spiro atoms. The van der Waals surface area contributed by atoms with E-state index in [-0.39, 0.29) is 11.5 Å². The van der Waals surface area contributed by atoms with E-state index < -0.39 is 5.97 Å². The van der Waals surface area contributed by atoms with E-state index in [2.05, 4.69) is 5.32 Å². The van der Waals surface area contributed by atoms with Gasteiger partial charge in [-0.05, 0) is 24.3 Å². The Hall–Kier alpha value is -1.88. The SMILES string of the molecule is O=C(O)c1ccc(C(=O)N2CCNCC2)cc1. The number of piperazine rings is 1. The zero-order chi connectivity index (χ0) is 12.3. The van der Waals surface area contributed by atoms with Crippen molar-refractivity contribution < 1.29 is 14.7 Å². The Labute approximate surface area is 99.0 Å². The van der Waals surface area contributed by atoms with E-state index in [4.69, 9.17) is 5.11 Å². The molecule has 2 N–H and O–H groups in total. The third-order valence-electron chi connectivity index (χ3n) is 2.78. The predicted octanol–water partition coefficient (Wildman–Crippen LogP) is 0.430. The lowest BCUT2D eigenvalue weighted by Gasteiger charge is -2.27. The summed E-state index contributed by atoms with van der Waals surface area (Å²) in [6, 6.07) is 6.04. The first-order valence-corrected chi connectivity index (χ1v) is 5.52. The van der Waals surface area contributed by atoms with Gasteiger partial charge in [0.05, 0.1) is 5.56 Å². The lowest BCUT2D eigenvalue weighted by molar-refractivity contribution is 0.0692. The highest BCUT2D eigenvalue weighted by Gasteiger charge is 2.17. The van der Waals surface area contributed by atoms with Crippen LogP contribution in [-0.4, -0.2) is 48.1 Å². The van der Waals surface area contributed by atoms with Gasteiger partial charge in [0.25, 0.3) is 5.91 Å². The molecule has 0 aromatic heterocycles. The van der Waals surface area contributed by atoms with Crippen molar-refractivity contribution in [2.75, 3.05) is 26.2 Å². The first-order valence-electron chi connectivity index (χ1n) is 5.52. The molecule has 1 fully saturated rings. The second-order valence-electron chi connectivity index (χ2n) is 3.92. The van der Waals surface area contributed by atoms with Crippen LogP contribution in [0, 0.1) is 0 Å². The van der Waals surface area contributed by atoms with E-state index >= 15 is 0 Å². The topological polar surface area (TPSA) is 69.6 Å². The summed E-state index contributed by atoms with van der Waals surface area (Å²) in [4.78, 5) is 24.5. The van der Waals surface area contributed by atoms with Crippen molar-refractivity contribution in [3.8, 4) is 0 Å². The summed E-state index contributed by atoms with van der Waals surface area (Å²) in [5.74, 6) is -1.02. The molecule has 5 nitrogen and oxygen atoms in total. The number of carbonyl (C=O) groups excluding carboxylic acids is 1. The average Bonchev–Trinajstić information content (AvgIpc) is 2.39. The maximum atomic E-state index is 12.0. The Kier molecular flexibility index (Phi) is 3.39. The molecule has 2 rings (SSSR count). The number of aromatic carboxylic acids is 1. The van der Waals surface area contributed by atoms with Crippen molar-refractivity contribution in [2.24, 2.45) is 0 Å². The number of nitrogens with one attached hydrogen (secondary N) is 1. The van der Waals surface area contributed by atoms with Gasteiger partial charge in [0, 0.05) is 31.7 Å². The van der Waals surface area contributed by atoms with Gasteiger partial charge in [0.1, 0.15) is 0 Å². The van der Waals surface area contributed by atoms with Crippen molar-refractivity contribution in [3.63, 3.8) is 0 Å². The van der Waals surface area contributed by atoms with E-state index in [9.17, 15) is 9.59 Å². The number of benzene rings is 1. The summed E-state index contributed by atoms with van der Waals surface area (Å²) in [7, 11) is 0. The molecule has 0 aliphatic carbocycles. The lowest BCUT2D eigenvalue weighted by Crippen LogP contribution is -2.46. The van der Waals surface area contributed by atoms with Crippen LogP contribution in [0.25, 0.3) is 0 Å². The molecular formula is C12H14N2O3. The van der Waals surface area contributed by atoms with E-state index in [1.807, 2.05) is 0 Å². The second-order valence-corrected chi connectivity index (χ2v) is 3.92. The van der Waals surface area contributed by atoms with E-state index in [0.717, 1.165) is 13.1 Å². The predicted molar refractivity (Wildman–Crippen MR) is 62.2 cm³/mol. The molecule has 0 radical (unpaired) electrons. The van der Waals surface area contributed by atoms with Crippen molar-refractivity contribution in [2.45, 2.75) is 0 Å². The molecular weight excluding hydrogens is 220 g/mol. The first-order chi connectivity index (χ1) is 8.18. The Morgan fingerprint density at radius 1 is 1.06 bits per heavy atom. The summed E-state index contributed by atoms with van der Waals surface area (Å²) < 4.78 is 0. The lowest BCUT2D eigenvalue weighted by atomic mass is 10.1. The Balaban J connectivity index is 2.10. The fourth-order valence-electron chi connectivity index (χ4n) is 1.81. The maximum absolute atomic E-state index is 12.0. The van der Waals surface area contributed by atoms with Crippen LogP contribution in [0.2, 0.25) is 0 Å². The van der Waals surface area contributed by atoms with Gasteiger partial charge in [-0.3, -0.25) is 4.79 Å². The Morgan fingerprint density at radius 2 is 1.59 bits per heavy atom. The number of carboxylic acid groups (broad SMARTS) is 1. The molecule has 1 aliphatic heterocycles. The third kappa shape index (κ3) is 2.62. The molecule has 0 atom stereocenters. The summed E-state index contributed by atoms with van der Waals surface area (Å²) in [5, 5.41) is 11.9. The highest BCUT2D eigenvalue weighted by atomic mass is 16.4. The van der Waals surface area contributed by atoms with E-state index in [0.29, 0.717) is 18.7 Å². The molecule has 1 aromatic rings. The smallest absolute Gasteiger partial charge is 0.335 e. The van der Waals surface area contributed by atoms with Crippen LogP contribution in [0.1, 0.15) is 20.7 Å². The number of hydrogen-bond donors (Lipinski definition) is 2. The van der Waals surface area contributed by atoms with Crippen LogP contribution >= 0.6 is 0 Å². The summed E-state index contributed by atoms with van der Waals surface area (Å²) in [6.07, 6.45) is 0. The van der Waals surface area contributed by atoms with Crippen molar-refractivity contribution >= 4 is 11.9 Å². The molecule has 0 unspecified atom stereocenters. The van der Waals surface area contributed by atoms with Crippen molar-refractivity contribution in [1.82, 2.24) is 10.2 Å². The van der Waals surface area contributed by atoms with Gasteiger partial charge in [-0.2, -0.15) is 0 Å². The minimum Gasteiger partial charge on any atom is -0.478 e. The molecule has 1 heterocycles. The van der Waals surface area contributed by atoms with Crippen LogP contribution in [-0.2, 0) is 0 Å². The monoisotopic (exact) mass is 234 g/mol. The number of carboxylic acids is 1. The minimum atomic E-state index is -0.980. The number of carbonyl (C=O) groups is 2. The standard InChI is InChI=1S/C12H14N2O3/c15-11(14-7-5-13-6-8-14)9-1-3-10(4-2-9)12(16)17/h1-4,13H,5-8H2,(H,16,17). The van der Waals surface area contributed by atoms with Gasteiger partial charge in [0.2, 0.25) is 0 Å². The number of rotatable bonds is 2. The van der Waals surface area contributed by atoms with Crippen LogP contribution in [0.5, 0.6) is 0 Å². The zero-order valence-corrected chi connectivity index (χ0v) is 9.35. The molecule has 1 aliphatic rings. The van der Waals surface area contributed by atoms with E-state index in [1.165, 1.54) is 12.1 Å². The molecule has 1 amide bonds. The average molecular weight is 234 g/mol.